The van der Waals surface area contributed by atoms with Gasteiger partial charge in [0.25, 0.3) is 0 Å². The van der Waals surface area contributed by atoms with E-state index in [1.54, 1.807) is 0 Å². The van der Waals surface area contributed by atoms with E-state index in [0.29, 0.717) is 0 Å². The van der Waals surface area contributed by atoms with Gasteiger partial charge in [0, 0.05) is 0 Å². The van der Waals surface area contributed by atoms with Crippen LogP contribution in [-0.4, -0.2) is 0 Å². The molecule has 0 aliphatic heterocycles. The molecule has 2 unspecified atom stereocenters. The topological polar surface area (TPSA) is 0 Å². The summed E-state index contributed by atoms with van der Waals surface area (Å²) >= 11 is 0. The van der Waals surface area contributed by atoms with Gasteiger partial charge in [0.05, 0.1) is 0 Å². The molecule has 102 valence electrons. The van der Waals surface area contributed by atoms with Crippen LogP contribution in [-0.2, 0) is 0 Å². The van der Waals surface area contributed by atoms with Crippen molar-refractivity contribution >= 4 is 0 Å². The fourth-order valence-corrected chi connectivity index (χ4v) is 2.20. The Morgan fingerprint density at radius 1 is 0.812 bits per heavy atom. The molecule has 0 aromatic heterocycles. The van der Waals surface area contributed by atoms with Crippen LogP contribution >= 0.6 is 0 Å². The first-order valence-corrected chi connectivity index (χ1v) is 7.61. The van der Waals surface area contributed by atoms with Crippen molar-refractivity contribution in [3.05, 3.63) is 0 Å². The third kappa shape index (κ3) is 14.0. The lowest BCUT2D eigenvalue weighted by Crippen LogP contribution is -2.12. The summed E-state index contributed by atoms with van der Waals surface area (Å²) in [5.41, 5.74) is 0. The molecule has 0 aliphatic carbocycles. The molecule has 0 heterocycles. The largest absolute Gasteiger partial charge is 0.0683 e. The summed E-state index contributed by atoms with van der Waals surface area (Å²) < 4.78 is 0. The van der Waals surface area contributed by atoms with Gasteiger partial charge in [-0.15, -0.1) is 0 Å². The molecule has 0 N–H and O–H groups in total. The van der Waals surface area contributed by atoms with E-state index < -0.39 is 0 Å². The minimum atomic E-state index is 0.867. The Morgan fingerprint density at radius 3 is 1.50 bits per heavy atom. The molecule has 0 heteroatoms. The average molecular weight is 230 g/mol. The predicted octanol–water partition coefficient (Wildman–Crippen LogP) is 6.55. The molecule has 2 atom stereocenters. The number of hydrogen-bond acceptors (Lipinski definition) is 0. The van der Waals surface area contributed by atoms with E-state index in [4.69, 9.17) is 0 Å². The van der Waals surface area contributed by atoms with Crippen LogP contribution in [0.5, 0.6) is 0 Å². The van der Waals surface area contributed by atoms with Gasteiger partial charge in [-0.2, -0.15) is 0 Å². The standard InChI is InChI=1S/C12H26.2C2H6/c1-6-8-12(7-2)11(5)9-10(3)4;2*1-2/h10-12H,6-9H2,1-5H3;2*1-2H3. The van der Waals surface area contributed by atoms with E-state index in [-0.39, 0.29) is 0 Å². The van der Waals surface area contributed by atoms with Crippen LogP contribution in [0.4, 0.5) is 0 Å². The summed E-state index contributed by atoms with van der Waals surface area (Å²) in [5, 5.41) is 0. The molecule has 0 bridgehead atoms. The summed E-state index contributed by atoms with van der Waals surface area (Å²) in [6.07, 6.45) is 5.53. The minimum absolute atomic E-state index is 0.867. The molecule has 0 aromatic rings. The van der Waals surface area contributed by atoms with Gasteiger partial charge in [-0.05, 0) is 24.2 Å². The molecule has 0 nitrogen and oxygen atoms in total. The van der Waals surface area contributed by atoms with E-state index in [9.17, 15) is 0 Å². The van der Waals surface area contributed by atoms with Gasteiger partial charge in [-0.3, -0.25) is 0 Å². The van der Waals surface area contributed by atoms with Crippen LogP contribution in [0.1, 0.15) is 88.0 Å². The highest BCUT2D eigenvalue weighted by Gasteiger charge is 2.15. The van der Waals surface area contributed by atoms with Crippen molar-refractivity contribution in [2.24, 2.45) is 17.8 Å². The molecule has 0 rings (SSSR count). The zero-order valence-corrected chi connectivity index (χ0v) is 13.6. The maximum absolute atomic E-state index is 2.42. The molecule has 0 amide bonds. The van der Waals surface area contributed by atoms with E-state index in [1.165, 1.54) is 25.7 Å². The van der Waals surface area contributed by atoms with Crippen LogP contribution in [0.15, 0.2) is 0 Å². The minimum Gasteiger partial charge on any atom is -0.0683 e. The maximum Gasteiger partial charge on any atom is -0.0391 e. The van der Waals surface area contributed by atoms with Crippen LogP contribution in [0.25, 0.3) is 0 Å². The average Bonchev–Trinajstić information content (AvgIpc) is 2.30. The lowest BCUT2D eigenvalue weighted by molar-refractivity contribution is 0.278. The zero-order valence-electron chi connectivity index (χ0n) is 13.6. The van der Waals surface area contributed by atoms with Gasteiger partial charge in [0.2, 0.25) is 0 Å². The molecular weight excluding hydrogens is 192 g/mol. The van der Waals surface area contributed by atoms with Gasteiger partial charge >= 0.3 is 0 Å². The Morgan fingerprint density at radius 2 is 1.25 bits per heavy atom. The first-order chi connectivity index (χ1) is 7.61. The van der Waals surface area contributed by atoms with Crippen molar-refractivity contribution in [2.75, 3.05) is 0 Å². The van der Waals surface area contributed by atoms with Gasteiger partial charge in [-0.25, -0.2) is 0 Å². The Hall–Kier alpha value is 0. The van der Waals surface area contributed by atoms with Crippen LogP contribution in [0.3, 0.4) is 0 Å². The van der Waals surface area contributed by atoms with Gasteiger partial charge in [0.15, 0.2) is 0 Å². The lowest BCUT2D eigenvalue weighted by Gasteiger charge is -2.23. The molecule has 16 heavy (non-hydrogen) atoms. The molecule has 0 fully saturated rings. The first-order valence-electron chi connectivity index (χ1n) is 7.61. The highest BCUT2D eigenvalue weighted by molar-refractivity contribution is 4.66. The molecular formula is C16H38. The normalized spacial score (nSPS) is 13.1. The van der Waals surface area contributed by atoms with Gasteiger partial charge in [-0.1, -0.05) is 81.6 Å². The smallest absolute Gasteiger partial charge is 0.0391 e. The fourth-order valence-electron chi connectivity index (χ4n) is 2.20. The van der Waals surface area contributed by atoms with Crippen LogP contribution in [0.2, 0.25) is 0 Å². The third-order valence-electron chi connectivity index (χ3n) is 2.83. The van der Waals surface area contributed by atoms with Crippen molar-refractivity contribution in [1.82, 2.24) is 0 Å². The van der Waals surface area contributed by atoms with Crippen LogP contribution in [0, 0.1) is 17.8 Å². The molecule has 0 aliphatic rings. The Bertz CT molecular complexity index is 94.2. The summed E-state index contributed by atoms with van der Waals surface area (Å²) in [6, 6.07) is 0. The predicted molar refractivity (Wildman–Crippen MR) is 80.0 cm³/mol. The van der Waals surface area contributed by atoms with Crippen molar-refractivity contribution in [3.8, 4) is 0 Å². The van der Waals surface area contributed by atoms with Gasteiger partial charge < -0.3 is 0 Å². The summed E-state index contributed by atoms with van der Waals surface area (Å²) in [5.74, 6) is 2.76. The highest BCUT2D eigenvalue weighted by Crippen LogP contribution is 2.26. The molecule has 0 spiro atoms. The molecule has 0 saturated carbocycles. The van der Waals surface area contributed by atoms with Crippen LogP contribution < -0.4 is 0 Å². The van der Waals surface area contributed by atoms with Gasteiger partial charge in [0.1, 0.15) is 0 Å². The van der Waals surface area contributed by atoms with E-state index in [0.717, 1.165) is 17.8 Å². The number of rotatable bonds is 6. The second-order valence-corrected chi connectivity index (χ2v) is 4.56. The number of hydrogen-bond donors (Lipinski definition) is 0. The summed E-state index contributed by atoms with van der Waals surface area (Å²) in [7, 11) is 0. The maximum atomic E-state index is 2.42. The molecule has 0 saturated heterocycles. The first kappa shape index (κ1) is 21.3. The third-order valence-corrected chi connectivity index (χ3v) is 2.83. The zero-order chi connectivity index (χ0) is 13.6. The van der Waals surface area contributed by atoms with E-state index in [1.807, 2.05) is 27.7 Å². The Balaban J connectivity index is -0.000000376. The molecule has 0 aromatic carbocycles. The van der Waals surface area contributed by atoms with Crippen molar-refractivity contribution in [3.63, 3.8) is 0 Å². The van der Waals surface area contributed by atoms with Crippen molar-refractivity contribution in [2.45, 2.75) is 88.0 Å². The van der Waals surface area contributed by atoms with E-state index in [2.05, 4.69) is 34.6 Å². The Kier molecular flexibility index (Phi) is 23.2. The summed E-state index contributed by atoms with van der Waals surface area (Å²) in [4.78, 5) is 0. The van der Waals surface area contributed by atoms with Crippen molar-refractivity contribution in [1.29, 1.82) is 0 Å². The highest BCUT2D eigenvalue weighted by atomic mass is 14.2. The van der Waals surface area contributed by atoms with Crippen molar-refractivity contribution < 1.29 is 0 Å². The second-order valence-electron chi connectivity index (χ2n) is 4.56. The summed E-state index contributed by atoms with van der Waals surface area (Å²) in [6.45, 7) is 19.7. The van der Waals surface area contributed by atoms with E-state index >= 15 is 0 Å². The second kappa shape index (κ2) is 17.4. The molecule has 0 radical (unpaired) electrons. The quantitative estimate of drug-likeness (QED) is 0.485. The Labute approximate surface area is 106 Å². The lowest BCUT2D eigenvalue weighted by atomic mass is 9.83. The monoisotopic (exact) mass is 230 g/mol. The SMILES string of the molecule is CC.CC.CCCC(CC)C(C)CC(C)C. The fraction of sp³-hybridized carbons (Fsp3) is 1.00.